The second-order valence-electron chi connectivity index (χ2n) is 15.5. The molecule has 1 heterocycles. The molecule has 1 aromatic heterocycles. The van der Waals surface area contributed by atoms with Gasteiger partial charge < -0.3 is 4.42 Å². The van der Waals surface area contributed by atoms with Crippen LogP contribution in [0, 0.1) is 0 Å². The maximum atomic E-state index is 7.20. The molecule has 0 amide bonds. The molecule has 258 valence electrons. The molecule has 0 fully saturated rings. The second kappa shape index (κ2) is 10.9. The van der Waals surface area contributed by atoms with E-state index in [1.807, 2.05) is 0 Å². The van der Waals surface area contributed by atoms with Crippen LogP contribution in [-0.4, -0.2) is 0 Å². The molecule has 1 nitrogen and oxygen atoms in total. The Morgan fingerprint density at radius 2 is 0.804 bits per heavy atom. The van der Waals surface area contributed by atoms with Crippen LogP contribution in [0.4, 0.5) is 0 Å². The van der Waals surface area contributed by atoms with Gasteiger partial charge in [-0.2, -0.15) is 0 Å². The van der Waals surface area contributed by atoms with Gasteiger partial charge in [-0.3, -0.25) is 0 Å². The van der Waals surface area contributed by atoms with Crippen LogP contribution in [-0.2, 0) is 5.41 Å². The second-order valence-corrected chi connectivity index (χ2v) is 15.5. The summed E-state index contributed by atoms with van der Waals surface area (Å²) in [5, 5.41) is 9.69. The minimum atomic E-state index is -0.417. The zero-order chi connectivity index (χ0) is 36.5. The fourth-order valence-corrected chi connectivity index (χ4v) is 10.7. The maximum absolute atomic E-state index is 7.20. The number of furan rings is 1. The lowest BCUT2D eigenvalue weighted by Crippen LogP contribution is -2.25. The predicted octanol–water partition coefficient (Wildman–Crippen LogP) is 14.7. The number of hydrogen-bond acceptors (Lipinski definition) is 1. The molecule has 2 aliphatic carbocycles. The highest BCUT2D eigenvalue weighted by atomic mass is 16.3. The van der Waals surface area contributed by atoms with Crippen molar-refractivity contribution in [2.24, 2.45) is 0 Å². The molecule has 0 unspecified atom stereocenters. The van der Waals surface area contributed by atoms with Gasteiger partial charge in [-0.1, -0.05) is 176 Å². The minimum Gasteiger partial charge on any atom is -0.455 e. The number of rotatable bonds is 2. The van der Waals surface area contributed by atoms with Crippen molar-refractivity contribution in [1.82, 2.24) is 0 Å². The zero-order valence-electron chi connectivity index (χ0n) is 30.4. The zero-order valence-corrected chi connectivity index (χ0v) is 30.4. The third-order valence-corrected chi connectivity index (χ3v) is 12.9. The lowest BCUT2D eigenvalue weighted by Gasteiger charge is -2.30. The highest BCUT2D eigenvalue weighted by Gasteiger charge is 2.51. The summed E-state index contributed by atoms with van der Waals surface area (Å²) in [5.74, 6) is 0. The van der Waals surface area contributed by atoms with Gasteiger partial charge in [0.05, 0.1) is 5.41 Å². The normalized spacial score (nSPS) is 13.5. The lowest BCUT2D eigenvalue weighted by atomic mass is 9.70. The van der Waals surface area contributed by atoms with E-state index in [1.165, 1.54) is 93.5 Å². The average molecular weight is 709 g/mol. The largest absolute Gasteiger partial charge is 0.455 e. The molecular formula is C55H32O. The molecule has 0 aliphatic heterocycles. The molecule has 11 aromatic rings. The van der Waals surface area contributed by atoms with Gasteiger partial charge in [-0.25, -0.2) is 0 Å². The average Bonchev–Trinajstić information content (AvgIpc) is 3.88. The van der Waals surface area contributed by atoms with Crippen LogP contribution >= 0.6 is 0 Å². The Morgan fingerprint density at radius 1 is 0.304 bits per heavy atom. The smallest absolute Gasteiger partial charge is 0.143 e. The van der Waals surface area contributed by atoms with Crippen molar-refractivity contribution in [3.8, 4) is 44.5 Å². The van der Waals surface area contributed by atoms with E-state index in [4.69, 9.17) is 4.42 Å². The van der Waals surface area contributed by atoms with E-state index in [1.54, 1.807) is 0 Å². The van der Waals surface area contributed by atoms with Crippen LogP contribution in [0.3, 0.4) is 0 Å². The van der Waals surface area contributed by atoms with E-state index in [2.05, 4.69) is 194 Å². The van der Waals surface area contributed by atoms with Gasteiger partial charge in [0.2, 0.25) is 0 Å². The van der Waals surface area contributed by atoms with Crippen molar-refractivity contribution >= 4 is 54.3 Å². The van der Waals surface area contributed by atoms with Crippen LogP contribution in [0.2, 0.25) is 0 Å². The van der Waals surface area contributed by atoms with Crippen molar-refractivity contribution in [3.05, 3.63) is 216 Å². The van der Waals surface area contributed by atoms with E-state index in [0.29, 0.717) is 0 Å². The third kappa shape index (κ3) is 3.75. The molecule has 0 N–H and O–H groups in total. The molecule has 56 heavy (non-hydrogen) atoms. The van der Waals surface area contributed by atoms with Gasteiger partial charge >= 0.3 is 0 Å². The van der Waals surface area contributed by atoms with E-state index >= 15 is 0 Å². The summed E-state index contributed by atoms with van der Waals surface area (Å²) in [5.41, 5.74) is 16.7. The van der Waals surface area contributed by atoms with Gasteiger partial charge in [-0.15, -0.1) is 0 Å². The fraction of sp³-hybridized carbons (Fsp3) is 0.0182. The van der Waals surface area contributed by atoms with Crippen molar-refractivity contribution in [2.45, 2.75) is 5.41 Å². The van der Waals surface area contributed by atoms with E-state index in [0.717, 1.165) is 27.5 Å². The molecule has 13 rings (SSSR count). The van der Waals surface area contributed by atoms with Gasteiger partial charge in [0, 0.05) is 21.9 Å². The number of hydrogen-bond donors (Lipinski definition) is 0. The minimum absolute atomic E-state index is 0.417. The Kier molecular flexibility index (Phi) is 5.89. The molecule has 0 saturated heterocycles. The van der Waals surface area contributed by atoms with Gasteiger partial charge in [0.1, 0.15) is 11.2 Å². The lowest BCUT2D eigenvalue weighted by molar-refractivity contribution is 0.667. The third-order valence-electron chi connectivity index (χ3n) is 12.9. The van der Waals surface area contributed by atoms with E-state index in [9.17, 15) is 0 Å². The summed E-state index contributed by atoms with van der Waals surface area (Å²) in [6.45, 7) is 0. The van der Waals surface area contributed by atoms with Crippen molar-refractivity contribution in [2.75, 3.05) is 0 Å². The van der Waals surface area contributed by atoms with Crippen LogP contribution in [0.15, 0.2) is 199 Å². The number of fused-ring (bicyclic) bond motifs is 16. The molecule has 0 bridgehead atoms. The van der Waals surface area contributed by atoms with Crippen molar-refractivity contribution < 1.29 is 4.42 Å². The molecule has 0 atom stereocenters. The van der Waals surface area contributed by atoms with Gasteiger partial charge in [0.25, 0.3) is 0 Å². The first kappa shape index (κ1) is 30.1. The Labute approximate surface area is 323 Å². The van der Waals surface area contributed by atoms with Crippen LogP contribution < -0.4 is 0 Å². The monoisotopic (exact) mass is 708 g/mol. The molecular weight excluding hydrogens is 677 g/mol. The SMILES string of the molecule is c1ccc2c(c1)-c1ccccc1C21c2ccccc2-c2cc3c(cc21)oc1c(-c2c4ccccc4c(-c4ccc5ccccc5c4)c4ccccc24)cccc13. The molecule has 2 aliphatic rings. The topological polar surface area (TPSA) is 13.1 Å². The molecule has 0 saturated carbocycles. The molecule has 0 radical (unpaired) electrons. The summed E-state index contributed by atoms with van der Waals surface area (Å²) < 4.78 is 7.20. The first-order chi connectivity index (χ1) is 27.8. The highest BCUT2D eigenvalue weighted by Crippen LogP contribution is 2.63. The predicted molar refractivity (Wildman–Crippen MR) is 233 cm³/mol. The van der Waals surface area contributed by atoms with Gasteiger partial charge in [-0.05, 0) is 106 Å². The Bertz CT molecular complexity index is 3390. The quantitative estimate of drug-likeness (QED) is 0.163. The summed E-state index contributed by atoms with van der Waals surface area (Å²) in [4.78, 5) is 0. The maximum Gasteiger partial charge on any atom is 0.143 e. The van der Waals surface area contributed by atoms with E-state index < -0.39 is 5.41 Å². The number of para-hydroxylation sites is 1. The molecule has 1 spiro atoms. The van der Waals surface area contributed by atoms with Crippen LogP contribution in [0.5, 0.6) is 0 Å². The molecule has 10 aromatic carbocycles. The summed E-state index contributed by atoms with van der Waals surface area (Å²) in [6, 6.07) is 71.8. The Hall–Kier alpha value is -7.22. The summed E-state index contributed by atoms with van der Waals surface area (Å²) in [6.07, 6.45) is 0. The highest BCUT2D eigenvalue weighted by molar-refractivity contribution is 6.24. The van der Waals surface area contributed by atoms with Crippen LogP contribution in [0.1, 0.15) is 22.3 Å². The standard InChI is InChI=1S/C55H32O/c1-2-15-34-30-35(29-28-33(34)14-1)52-39-19-3-5-21-41(39)53(42-22-6-4-20-40(42)52)44-24-13-23-43-46-31-45-38-18-9-12-27-49(38)55(50(45)32-51(46)56-54(43)44)47-25-10-7-16-36(47)37-17-8-11-26-48(37)55/h1-32H. The Balaban J connectivity index is 1.10. The summed E-state index contributed by atoms with van der Waals surface area (Å²) in [7, 11) is 0. The van der Waals surface area contributed by atoms with Crippen LogP contribution in [0.25, 0.3) is 98.8 Å². The van der Waals surface area contributed by atoms with Crippen molar-refractivity contribution in [1.29, 1.82) is 0 Å². The fourth-order valence-electron chi connectivity index (χ4n) is 10.7. The first-order valence-corrected chi connectivity index (χ1v) is 19.5. The Morgan fingerprint density at radius 3 is 1.45 bits per heavy atom. The van der Waals surface area contributed by atoms with Crippen molar-refractivity contribution in [3.63, 3.8) is 0 Å². The first-order valence-electron chi connectivity index (χ1n) is 19.5. The number of benzene rings is 10. The van der Waals surface area contributed by atoms with Gasteiger partial charge in [0.15, 0.2) is 0 Å². The summed E-state index contributed by atoms with van der Waals surface area (Å²) >= 11 is 0. The van der Waals surface area contributed by atoms with E-state index in [-0.39, 0.29) is 0 Å². The molecule has 1 heteroatoms.